The van der Waals surface area contributed by atoms with E-state index in [1.807, 2.05) is 32.2 Å². The number of nitrogens with one attached hydrogen (secondary N) is 2. The van der Waals surface area contributed by atoms with Crippen molar-refractivity contribution in [1.82, 2.24) is 5.32 Å². The van der Waals surface area contributed by atoms with Gasteiger partial charge in [0.05, 0.1) is 12.3 Å². The van der Waals surface area contributed by atoms with Gasteiger partial charge in [-0.25, -0.2) is 0 Å². The van der Waals surface area contributed by atoms with Gasteiger partial charge in [-0.15, -0.1) is 12.4 Å². The predicted octanol–water partition coefficient (Wildman–Crippen LogP) is 3.21. The molecule has 0 radical (unpaired) electrons. The molecule has 1 rings (SSSR count). The van der Waals surface area contributed by atoms with Crippen LogP contribution in [0.1, 0.15) is 19.8 Å². The summed E-state index contributed by atoms with van der Waals surface area (Å²) < 4.78 is 6.38. The number of carbonyl (C=O) groups is 1. The fourth-order valence-corrected chi connectivity index (χ4v) is 1.88. The second-order valence-corrected chi connectivity index (χ2v) is 4.74. The molecule has 0 aliphatic heterocycles. The number of benzene rings is 1. The van der Waals surface area contributed by atoms with E-state index in [-0.39, 0.29) is 18.3 Å². The van der Waals surface area contributed by atoms with Gasteiger partial charge in [-0.3, -0.25) is 4.79 Å². The number of ether oxygens (including phenoxy) is 1. The molecule has 0 fully saturated rings. The van der Waals surface area contributed by atoms with Crippen molar-refractivity contribution < 1.29 is 9.53 Å². The second-order valence-electron chi connectivity index (χ2n) is 3.83. The summed E-state index contributed by atoms with van der Waals surface area (Å²) in [7, 11) is 1.87. The van der Waals surface area contributed by atoms with Gasteiger partial charge < -0.3 is 15.4 Å². The number of hydrogen-bond acceptors (Lipinski definition) is 3. The molecular formula is C13H20BrClN2O2. The Labute approximate surface area is 128 Å². The van der Waals surface area contributed by atoms with Crippen LogP contribution < -0.4 is 15.4 Å². The molecule has 0 unspecified atom stereocenters. The average Bonchev–Trinajstić information content (AvgIpc) is 2.33. The summed E-state index contributed by atoms with van der Waals surface area (Å²) in [5.41, 5.74) is 0.709. The largest absolute Gasteiger partial charge is 0.492 e. The molecule has 0 aromatic heterocycles. The number of amides is 1. The molecule has 0 aliphatic rings. The number of anilines is 1. The van der Waals surface area contributed by atoms with Gasteiger partial charge in [-0.2, -0.15) is 0 Å². The predicted molar refractivity (Wildman–Crippen MR) is 84.3 cm³/mol. The van der Waals surface area contributed by atoms with Gasteiger partial charge in [0.2, 0.25) is 5.91 Å². The fraction of sp³-hybridized carbons (Fsp3) is 0.462. The highest BCUT2D eigenvalue weighted by Crippen LogP contribution is 2.28. The Bertz CT molecular complexity index is 402. The SMILES string of the molecule is CCOc1ccc(Br)cc1NC(=O)CCCNC.Cl. The van der Waals surface area contributed by atoms with Gasteiger partial charge in [-0.1, -0.05) is 15.9 Å². The highest BCUT2D eigenvalue weighted by Gasteiger charge is 2.08. The molecule has 0 saturated carbocycles. The highest BCUT2D eigenvalue weighted by atomic mass is 79.9. The maximum Gasteiger partial charge on any atom is 0.224 e. The zero-order valence-electron chi connectivity index (χ0n) is 11.2. The smallest absolute Gasteiger partial charge is 0.224 e. The Balaban J connectivity index is 0.00000324. The molecule has 0 aliphatic carbocycles. The second kappa shape index (κ2) is 10.1. The van der Waals surface area contributed by atoms with Crippen molar-refractivity contribution >= 4 is 39.9 Å². The van der Waals surface area contributed by atoms with E-state index in [0.717, 1.165) is 17.4 Å². The molecule has 0 spiro atoms. The Morgan fingerprint density at radius 2 is 2.16 bits per heavy atom. The lowest BCUT2D eigenvalue weighted by Crippen LogP contribution is -2.15. The molecule has 19 heavy (non-hydrogen) atoms. The molecule has 0 atom stereocenters. The normalized spacial score (nSPS) is 9.63. The minimum atomic E-state index is 0. The lowest BCUT2D eigenvalue weighted by Gasteiger charge is -2.12. The Hall–Kier alpha value is -0.780. The standard InChI is InChI=1S/C13H19BrN2O2.ClH/c1-3-18-12-7-6-10(14)9-11(12)16-13(17)5-4-8-15-2;/h6-7,9,15H,3-5,8H2,1-2H3,(H,16,17);1H. The summed E-state index contributed by atoms with van der Waals surface area (Å²) >= 11 is 3.38. The van der Waals surface area contributed by atoms with Crippen molar-refractivity contribution in [1.29, 1.82) is 0 Å². The Morgan fingerprint density at radius 3 is 2.79 bits per heavy atom. The summed E-state index contributed by atoms with van der Waals surface area (Å²) in [6.45, 7) is 3.33. The monoisotopic (exact) mass is 350 g/mol. The molecule has 6 heteroatoms. The number of halogens is 2. The van der Waals surface area contributed by atoms with Gasteiger partial charge >= 0.3 is 0 Å². The van der Waals surface area contributed by atoms with Crippen molar-refractivity contribution in [3.05, 3.63) is 22.7 Å². The van der Waals surface area contributed by atoms with E-state index in [2.05, 4.69) is 26.6 Å². The lowest BCUT2D eigenvalue weighted by molar-refractivity contribution is -0.116. The van der Waals surface area contributed by atoms with E-state index in [4.69, 9.17) is 4.74 Å². The topological polar surface area (TPSA) is 50.4 Å². The first-order valence-corrected chi connectivity index (χ1v) is 6.83. The fourth-order valence-electron chi connectivity index (χ4n) is 1.52. The number of hydrogen-bond donors (Lipinski definition) is 2. The third-order valence-electron chi connectivity index (χ3n) is 2.35. The third-order valence-corrected chi connectivity index (χ3v) is 2.84. The first-order chi connectivity index (χ1) is 8.67. The summed E-state index contributed by atoms with van der Waals surface area (Å²) in [6.07, 6.45) is 1.32. The molecule has 0 bridgehead atoms. The van der Waals surface area contributed by atoms with Gasteiger partial charge in [0.15, 0.2) is 0 Å². The maximum atomic E-state index is 11.7. The molecule has 0 saturated heterocycles. The van der Waals surface area contributed by atoms with Crippen LogP contribution in [0.25, 0.3) is 0 Å². The van der Waals surface area contributed by atoms with E-state index in [9.17, 15) is 4.79 Å². The molecule has 1 amide bonds. The zero-order valence-corrected chi connectivity index (χ0v) is 13.6. The summed E-state index contributed by atoms with van der Waals surface area (Å²) in [4.78, 5) is 11.7. The Kier molecular flexibility index (Phi) is 9.65. The molecule has 2 N–H and O–H groups in total. The number of rotatable bonds is 7. The van der Waals surface area contributed by atoms with E-state index in [1.54, 1.807) is 0 Å². The third kappa shape index (κ3) is 6.80. The van der Waals surface area contributed by atoms with Crippen molar-refractivity contribution in [2.45, 2.75) is 19.8 Å². The van der Waals surface area contributed by atoms with Crippen molar-refractivity contribution in [2.24, 2.45) is 0 Å². The molecule has 108 valence electrons. The summed E-state index contributed by atoms with van der Waals surface area (Å²) in [5.74, 6) is 0.701. The lowest BCUT2D eigenvalue weighted by atomic mass is 10.2. The molecule has 4 nitrogen and oxygen atoms in total. The highest BCUT2D eigenvalue weighted by molar-refractivity contribution is 9.10. The van der Waals surface area contributed by atoms with E-state index < -0.39 is 0 Å². The average molecular weight is 352 g/mol. The van der Waals surface area contributed by atoms with Crippen LogP contribution in [0.3, 0.4) is 0 Å². The van der Waals surface area contributed by atoms with Crippen LogP contribution in [0.15, 0.2) is 22.7 Å². The van der Waals surface area contributed by atoms with Crippen molar-refractivity contribution in [3.63, 3.8) is 0 Å². The summed E-state index contributed by atoms with van der Waals surface area (Å²) in [6, 6.07) is 5.58. The first-order valence-electron chi connectivity index (χ1n) is 6.04. The van der Waals surface area contributed by atoms with Crippen LogP contribution in [0.2, 0.25) is 0 Å². The van der Waals surface area contributed by atoms with Crippen LogP contribution in [-0.2, 0) is 4.79 Å². The minimum absolute atomic E-state index is 0. The van der Waals surface area contributed by atoms with Gasteiger partial charge in [0.1, 0.15) is 5.75 Å². The van der Waals surface area contributed by atoms with E-state index in [1.165, 1.54) is 0 Å². The van der Waals surface area contributed by atoms with Crippen molar-refractivity contribution in [2.75, 3.05) is 25.5 Å². The zero-order chi connectivity index (χ0) is 13.4. The van der Waals surface area contributed by atoms with Gasteiger partial charge in [-0.05, 0) is 45.1 Å². The Morgan fingerprint density at radius 1 is 1.42 bits per heavy atom. The maximum absolute atomic E-state index is 11.7. The quantitative estimate of drug-likeness (QED) is 0.742. The van der Waals surface area contributed by atoms with Crippen LogP contribution in [0, 0.1) is 0 Å². The summed E-state index contributed by atoms with van der Waals surface area (Å²) in [5, 5.41) is 5.89. The van der Waals surface area contributed by atoms with Crippen LogP contribution >= 0.6 is 28.3 Å². The van der Waals surface area contributed by atoms with Crippen LogP contribution in [0.5, 0.6) is 5.75 Å². The molecular weight excluding hydrogens is 332 g/mol. The van der Waals surface area contributed by atoms with E-state index in [0.29, 0.717) is 24.5 Å². The molecule has 0 heterocycles. The van der Waals surface area contributed by atoms with Gasteiger partial charge in [0.25, 0.3) is 0 Å². The minimum Gasteiger partial charge on any atom is -0.492 e. The number of carbonyl (C=O) groups excluding carboxylic acids is 1. The molecule has 1 aromatic rings. The van der Waals surface area contributed by atoms with Crippen LogP contribution in [0.4, 0.5) is 5.69 Å². The van der Waals surface area contributed by atoms with Gasteiger partial charge in [0, 0.05) is 10.9 Å². The van der Waals surface area contributed by atoms with Crippen molar-refractivity contribution in [3.8, 4) is 5.75 Å². The van der Waals surface area contributed by atoms with Crippen LogP contribution in [-0.4, -0.2) is 26.1 Å². The van der Waals surface area contributed by atoms with E-state index >= 15 is 0 Å². The first kappa shape index (κ1) is 18.2. The molecule has 1 aromatic carbocycles.